The van der Waals surface area contributed by atoms with Gasteiger partial charge in [0.15, 0.2) is 0 Å². The number of morpholine rings is 1. The van der Waals surface area contributed by atoms with Crippen LogP contribution in [0.5, 0.6) is 0 Å². The molecule has 154 valence electrons. The molecule has 1 amide bonds. The van der Waals surface area contributed by atoms with Gasteiger partial charge in [-0.3, -0.25) is 9.69 Å². The average molecular weight is 406 g/mol. The quantitative estimate of drug-likeness (QED) is 0.681. The summed E-state index contributed by atoms with van der Waals surface area (Å²) in [4.78, 5) is 27.6. The van der Waals surface area contributed by atoms with Gasteiger partial charge in [-0.15, -0.1) is 11.3 Å². The highest BCUT2D eigenvalue weighted by molar-refractivity contribution is 7.20. The van der Waals surface area contributed by atoms with Crippen LogP contribution < -0.4 is 5.32 Å². The Labute approximate surface area is 171 Å². The zero-order valence-corrected chi connectivity index (χ0v) is 18.1. The normalized spacial score (nSPS) is 15.3. The minimum absolute atomic E-state index is 0.0625. The lowest BCUT2D eigenvalue weighted by Crippen LogP contribution is -2.37. The van der Waals surface area contributed by atoms with E-state index in [1.807, 2.05) is 14.0 Å². The topological polar surface area (TPSA) is 70.6 Å². The molecule has 3 heterocycles. The first-order chi connectivity index (χ1) is 13.5. The summed E-state index contributed by atoms with van der Waals surface area (Å²) in [6.45, 7) is 12.5. The van der Waals surface area contributed by atoms with E-state index in [1.54, 1.807) is 11.2 Å². The predicted molar refractivity (Wildman–Crippen MR) is 114 cm³/mol. The number of aromatic nitrogens is 2. The number of thiophene rings is 1. The van der Waals surface area contributed by atoms with Gasteiger partial charge in [-0.05, 0) is 31.4 Å². The summed E-state index contributed by atoms with van der Waals surface area (Å²) < 4.78 is 5.39. The predicted octanol–water partition coefficient (Wildman–Crippen LogP) is 2.86. The molecule has 0 atom stereocenters. The van der Waals surface area contributed by atoms with Crippen molar-refractivity contribution >= 4 is 33.3 Å². The van der Waals surface area contributed by atoms with Crippen LogP contribution in [0.4, 0.5) is 5.82 Å². The maximum absolute atomic E-state index is 12.9. The van der Waals surface area contributed by atoms with Gasteiger partial charge in [-0.25, -0.2) is 9.97 Å². The Balaban J connectivity index is 1.68. The molecule has 0 aromatic carbocycles. The number of aryl methyl sites for hydroxylation is 1. The maximum atomic E-state index is 12.9. The second kappa shape index (κ2) is 9.62. The Hall–Kier alpha value is -1.77. The second-order valence-electron chi connectivity index (χ2n) is 7.77. The van der Waals surface area contributed by atoms with Gasteiger partial charge in [0.1, 0.15) is 17.0 Å². The first kappa shape index (κ1) is 21.0. The molecule has 7 nitrogen and oxygen atoms in total. The second-order valence-corrected chi connectivity index (χ2v) is 8.77. The van der Waals surface area contributed by atoms with Gasteiger partial charge in [0.2, 0.25) is 0 Å². The van der Waals surface area contributed by atoms with Gasteiger partial charge in [-0.2, -0.15) is 0 Å². The number of hydrogen-bond donors (Lipinski definition) is 1. The number of amides is 1. The van der Waals surface area contributed by atoms with E-state index >= 15 is 0 Å². The van der Waals surface area contributed by atoms with Gasteiger partial charge in [0.05, 0.1) is 23.5 Å². The van der Waals surface area contributed by atoms with Crippen LogP contribution in [0.2, 0.25) is 0 Å². The van der Waals surface area contributed by atoms with E-state index in [-0.39, 0.29) is 5.91 Å². The monoisotopic (exact) mass is 405 g/mol. The molecular weight excluding hydrogens is 374 g/mol. The van der Waals surface area contributed by atoms with Crippen LogP contribution in [0.25, 0.3) is 10.2 Å². The van der Waals surface area contributed by atoms with Crippen LogP contribution in [0.15, 0.2) is 6.33 Å². The number of carbonyl (C=O) groups excluding carboxylic acids is 1. The zero-order chi connectivity index (χ0) is 20.1. The number of nitrogens with zero attached hydrogens (tertiary/aromatic N) is 4. The number of ether oxygens (including phenoxy) is 1. The zero-order valence-electron chi connectivity index (χ0n) is 17.3. The van der Waals surface area contributed by atoms with Crippen LogP contribution >= 0.6 is 11.3 Å². The number of nitrogens with one attached hydrogen (secondary N) is 1. The first-order valence-corrected chi connectivity index (χ1v) is 10.8. The SMILES string of the molecule is Cc1c(C(=O)N(C)CC(C)C)sc2ncnc(NCCCN3CCOCC3)c12. The summed E-state index contributed by atoms with van der Waals surface area (Å²) in [6.07, 6.45) is 2.62. The molecule has 0 spiro atoms. The Kier molecular flexibility index (Phi) is 7.20. The Morgan fingerprint density at radius 3 is 2.82 bits per heavy atom. The van der Waals surface area contributed by atoms with Crippen molar-refractivity contribution in [2.24, 2.45) is 5.92 Å². The third kappa shape index (κ3) is 4.98. The van der Waals surface area contributed by atoms with Crippen molar-refractivity contribution in [2.45, 2.75) is 27.2 Å². The summed E-state index contributed by atoms with van der Waals surface area (Å²) in [5.74, 6) is 1.32. The molecular formula is C20H31N5O2S. The van der Waals surface area contributed by atoms with Crippen LogP contribution in [0.3, 0.4) is 0 Å². The summed E-state index contributed by atoms with van der Waals surface area (Å²) >= 11 is 1.46. The van der Waals surface area contributed by atoms with E-state index < -0.39 is 0 Å². The third-order valence-corrected chi connectivity index (χ3v) is 6.14. The molecule has 1 saturated heterocycles. The Morgan fingerprint density at radius 1 is 1.36 bits per heavy atom. The number of anilines is 1. The van der Waals surface area contributed by atoms with Gasteiger partial charge in [0, 0.05) is 33.2 Å². The first-order valence-electron chi connectivity index (χ1n) is 10.0. The van der Waals surface area contributed by atoms with Crippen molar-refractivity contribution in [1.82, 2.24) is 19.8 Å². The van der Waals surface area contributed by atoms with E-state index in [1.165, 1.54) is 11.3 Å². The molecule has 1 aliphatic heterocycles. The number of hydrogen-bond acceptors (Lipinski definition) is 7. The lowest BCUT2D eigenvalue weighted by molar-refractivity contribution is 0.0378. The maximum Gasteiger partial charge on any atom is 0.264 e. The molecule has 8 heteroatoms. The van der Waals surface area contributed by atoms with Crippen LogP contribution in [0.1, 0.15) is 35.5 Å². The fourth-order valence-corrected chi connectivity index (χ4v) is 4.69. The van der Waals surface area contributed by atoms with E-state index in [0.29, 0.717) is 5.92 Å². The fourth-order valence-electron chi connectivity index (χ4n) is 3.55. The molecule has 0 saturated carbocycles. The highest BCUT2D eigenvalue weighted by atomic mass is 32.1. The van der Waals surface area contributed by atoms with Crippen LogP contribution in [-0.2, 0) is 4.74 Å². The van der Waals surface area contributed by atoms with E-state index in [2.05, 4.69) is 34.0 Å². The highest BCUT2D eigenvalue weighted by Crippen LogP contribution is 2.33. The highest BCUT2D eigenvalue weighted by Gasteiger charge is 2.22. The molecule has 3 rings (SSSR count). The molecule has 2 aromatic rings. The molecule has 1 fully saturated rings. The number of fused-ring (bicyclic) bond motifs is 1. The van der Waals surface area contributed by atoms with Crippen molar-refractivity contribution in [1.29, 1.82) is 0 Å². The van der Waals surface area contributed by atoms with E-state index in [0.717, 1.165) is 78.8 Å². The molecule has 28 heavy (non-hydrogen) atoms. The molecule has 1 aliphatic rings. The molecule has 0 bridgehead atoms. The number of carbonyl (C=O) groups is 1. The minimum Gasteiger partial charge on any atom is -0.379 e. The van der Waals surface area contributed by atoms with Crippen molar-refractivity contribution in [3.05, 3.63) is 16.8 Å². The van der Waals surface area contributed by atoms with Gasteiger partial charge < -0.3 is 15.0 Å². The molecule has 0 radical (unpaired) electrons. The number of rotatable bonds is 8. The van der Waals surface area contributed by atoms with Crippen LogP contribution in [-0.4, -0.2) is 78.7 Å². The smallest absolute Gasteiger partial charge is 0.264 e. The van der Waals surface area contributed by atoms with E-state index in [4.69, 9.17) is 4.74 Å². The van der Waals surface area contributed by atoms with Crippen molar-refractivity contribution < 1.29 is 9.53 Å². The lowest BCUT2D eigenvalue weighted by atomic mass is 10.1. The van der Waals surface area contributed by atoms with Crippen molar-refractivity contribution in [3.8, 4) is 0 Å². The van der Waals surface area contributed by atoms with Gasteiger partial charge in [0.25, 0.3) is 5.91 Å². The largest absolute Gasteiger partial charge is 0.379 e. The van der Waals surface area contributed by atoms with E-state index in [9.17, 15) is 4.79 Å². The van der Waals surface area contributed by atoms with Crippen molar-refractivity contribution in [2.75, 3.05) is 58.3 Å². The molecule has 0 aliphatic carbocycles. The standard InChI is InChI=1S/C20H31N5O2S/c1-14(2)12-24(4)20(26)17-15(3)16-18(22-13-23-19(16)28-17)21-6-5-7-25-8-10-27-11-9-25/h13-14H,5-12H2,1-4H3,(H,21,22,23). The summed E-state index contributed by atoms with van der Waals surface area (Å²) in [7, 11) is 1.86. The molecule has 1 N–H and O–H groups in total. The Morgan fingerprint density at radius 2 is 2.11 bits per heavy atom. The summed E-state index contributed by atoms with van der Waals surface area (Å²) in [5.41, 5.74) is 0.969. The summed E-state index contributed by atoms with van der Waals surface area (Å²) in [5, 5.41) is 4.43. The van der Waals surface area contributed by atoms with Gasteiger partial charge in [-0.1, -0.05) is 13.8 Å². The molecule has 0 unspecified atom stereocenters. The third-order valence-electron chi connectivity index (χ3n) is 4.95. The average Bonchev–Trinajstić information content (AvgIpc) is 3.02. The molecule has 2 aromatic heterocycles. The van der Waals surface area contributed by atoms with Crippen LogP contribution in [0, 0.1) is 12.8 Å². The van der Waals surface area contributed by atoms with Crippen molar-refractivity contribution in [3.63, 3.8) is 0 Å². The lowest BCUT2D eigenvalue weighted by Gasteiger charge is -2.26. The van der Waals surface area contributed by atoms with Gasteiger partial charge >= 0.3 is 0 Å². The Bertz CT molecular complexity index is 801. The summed E-state index contributed by atoms with van der Waals surface area (Å²) in [6, 6.07) is 0. The fraction of sp³-hybridized carbons (Fsp3) is 0.650. The minimum atomic E-state index is 0.0625.